The number of rotatable bonds is 0. The van der Waals surface area contributed by atoms with Crippen molar-refractivity contribution in [1.82, 2.24) is 13.8 Å². The first-order valence-electron chi connectivity index (χ1n) is 10.5. The zero-order valence-corrected chi connectivity index (χ0v) is 16.7. The molecule has 0 radical (unpaired) electrons. The SMILES string of the molecule is O=c1c2ccc3c(=O)n4c5ccccc5nc4c4ccc(c2c34)c2cc3ccccc3n12. The monoisotopic (exact) mass is 411 g/mol. The van der Waals surface area contributed by atoms with Crippen LogP contribution in [0.4, 0.5) is 0 Å². The summed E-state index contributed by atoms with van der Waals surface area (Å²) in [5.41, 5.74) is 3.79. The highest BCUT2D eigenvalue weighted by Gasteiger charge is 2.21. The molecule has 0 bridgehead atoms. The molecule has 0 aliphatic carbocycles. The van der Waals surface area contributed by atoms with E-state index in [4.69, 9.17) is 4.98 Å². The molecule has 8 rings (SSSR count). The molecule has 0 fully saturated rings. The molecule has 0 N–H and O–H groups in total. The van der Waals surface area contributed by atoms with Crippen molar-refractivity contribution in [2.24, 2.45) is 0 Å². The summed E-state index contributed by atoms with van der Waals surface area (Å²) in [7, 11) is 0. The molecule has 4 aromatic heterocycles. The van der Waals surface area contributed by atoms with Gasteiger partial charge in [-0.1, -0.05) is 36.4 Å². The molecule has 5 nitrogen and oxygen atoms in total. The lowest BCUT2D eigenvalue weighted by Gasteiger charge is -2.12. The van der Waals surface area contributed by atoms with Crippen molar-refractivity contribution in [1.29, 1.82) is 0 Å². The van der Waals surface area contributed by atoms with Gasteiger partial charge in [-0.15, -0.1) is 0 Å². The highest BCUT2D eigenvalue weighted by Crippen LogP contribution is 2.37. The molecular formula is C27H13N3O2. The van der Waals surface area contributed by atoms with Gasteiger partial charge in [0.05, 0.1) is 22.1 Å². The molecule has 32 heavy (non-hydrogen) atoms. The summed E-state index contributed by atoms with van der Waals surface area (Å²) in [4.78, 5) is 32.0. The Labute approximate surface area is 179 Å². The second-order valence-corrected chi connectivity index (χ2v) is 8.37. The number of imidazole rings is 1. The summed E-state index contributed by atoms with van der Waals surface area (Å²) in [5.74, 6) is 0. The number of fused-ring (bicyclic) bond motifs is 8. The van der Waals surface area contributed by atoms with Crippen LogP contribution in [0.2, 0.25) is 0 Å². The van der Waals surface area contributed by atoms with Gasteiger partial charge in [0.25, 0.3) is 11.1 Å². The van der Waals surface area contributed by atoms with Crippen molar-refractivity contribution >= 4 is 65.4 Å². The number of hydrogen-bond donors (Lipinski definition) is 0. The maximum Gasteiger partial charge on any atom is 0.264 e. The van der Waals surface area contributed by atoms with Crippen LogP contribution in [0.3, 0.4) is 0 Å². The van der Waals surface area contributed by atoms with Crippen molar-refractivity contribution in [3.63, 3.8) is 0 Å². The van der Waals surface area contributed by atoms with Crippen LogP contribution in [0.1, 0.15) is 0 Å². The highest BCUT2D eigenvalue weighted by atomic mass is 16.1. The molecule has 8 aromatic rings. The lowest BCUT2D eigenvalue weighted by atomic mass is 9.96. The van der Waals surface area contributed by atoms with Crippen LogP contribution in [-0.2, 0) is 0 Å². The van der Waals surface area contributed by atoms with E-state index >= 15 is 0 Å². The Kier molecular flexibility index (Phi) is 2.64. The van der Waals surface area contributed by atoms with E-state index < -0.39 is 0 Å². The van der Waals surface area contributed by atoms with Crippen LogP contribution in [0.15, 0.2) is 88.5 Å². The third-order valence-electron chi connectivity index (χ3n) is 6.82. The summed E-state index contributed by atoms with van der Waals surface area (Å²) in [5, 5.41) is 5.75. The number of aromatic nitrogens is 3. The third kappa shape index (κ3) is 1.68. The van der Waals surface area contributed by atoms with Crippen LogP contribution in [0.25, 0.3) is 65.4 Å². The molecule has 148 valence electrons. The van der Waals surface area contributed by atoms with Gasteiger partial charge in [0.2, 0.25) is 0 Å². The molecule has 0 saturated heterocycles. The second-order valence-electron chi connectivity index (χ2n) is 8.37. The van der Waals surface area contributed by atoms with Gasteiger partial charge in [-0.25, -0.2) is 4.98 Å². The van der Waals surface area contributed by atoms with Crippen molar-refractivity contribution in [3.8, 4) is 0 Å². The zero-order chi connectivity index (χ0) is 21.1. The molecule has 0 aliphatic rings. The van der Waals surface area contributed by atoms with Crippen LogP contribution >= 0.6 is 0 Å². The number of pyridine rings is 2. The van der Waals surface area contributed by atoms with Gasteiger partial charge in [0.1, 0.15) is 5.65 Å². The Balaban J connectivity index is 1.74. The second kappa shape index (κ2) is 5.21. The fourth-order valence-electron chi connectivity index (χ4n) is 5.48. The molecule has 0 amide bonds. The molecule has 0 saturated carbocycles. The van der Waals surface area contributed by atoms with E-state index in [9.17, 15) is 9.59 Å². The Morgan fingerprint density at radius 1 is 0.562 bits per heavy atom. The number of para-hydroxylation sites is 3. The molecule has 0 unspecified atom stereocenters. The Morgan fingerprint density at radius 3 is 2.03 bits per heavy atom. The molecular weight excluding hydrogens is 398 g/mol. The number of nitrogens with zero attached hydrogens (tertiary/aromatic N) is 3. The fraction of sp³-hybridized carbons (Fsp3) is 0. The standard InChI is InChI=1S/C27H13N3O2/c31-26-17-11-12-18-24-16(25-28-19-6-2-4-8-21(19)30(25)27(18)32)10-9-15(23(17)24)22-13-14-5-1-3-7-20(14)29(22)26/h1-13H. The Morgan fingerprint density at radius 2 is 1.19 bits per heavy atom. The van der Waals surface area contributed by atoms with Gasteiger partial charge in [-0.3, -0.25) is 18.4 Å². The van der Waals surface area contributed by atoms with E-state index in [1.165, 1.54) is 0 Å². The van der Waals surface area contributed by atoms with Gasteiger partial charge in [0, 0.05) is 37.7 Å². The normalized spacial score (nSPS) is 12.6. The maximum absolute atomic E-state index is 13.6. The quantitative estimate of drug-likeness (QED) is 0.332. The van der Waals surface area contributed by atoms with Crippen LogP contribution in [0.5, 0.6) is 0 Å². The topological polar surface area (TPSA) is 55.8 Å². The summed E-state index contributed by atoms with van der Waals surface area (Å²) < 4.78 is 3.48. The largest absolute Gasteiger partial charge is 0.276 e. The number of benzene rings is 4. The predicted octanol–water partition coefficient (Wildman–Crippen LogP) is 4.95. The fourth-order valence-corrected chi connectivity index (χ4v) is 5.48. The highest BCUT2D eigenvalue weighted by molar-refractivity contribution is 6.28. The average Bonchev–Trinajstić information content (AvgIpc) is 3.40. The predicted molar refractivity (Wildman–Crippen MR) is 129 cm³/mol. The summed E-state index contributed by atoms with van der Waals surface area (Å²) >= 11 is 0. The molecule has 0 aliphatic heterocycles. The van der Waals surface area contributed by atoms with E-state index in [0.29, 0.717) is 16.4 Å². The minimum absolute atomic E-state index is 0.0658. The Bertz CT molecular complexity index is 2030. The van der Waals surface area contributed by atoms with Crippen molar-refractivity contribution in [3.05, 3.63) is 99.6 Å². The first kappa shape index (κ1) is 16.2. The smallest absolute Gasteiger partial charge is 0.264 e. The first-order valence-corrected chi connectivity index (χ1v) is 10.5. The van der Waals surface area contributed by atoms with Gasteiger partial charge in [-0.2, -0.15) is 0 Å². The lowest BCUT2D eigenvalue weighted by molar-refractivity contribution is 1.19. The molecule has 0 spiro atoms. The zero-order valence-electron chi connectivity index (χ0n) is 16.7. The minimum Gasteiger partial charge on any atom is -0.276 e. The van der Waals surface area contributed by atoms with Crippen LogP contribution in [-0.4, -0.2) is 13.8 Å². The van der Waals surface area contributed by atoms with Crippen molar-refractivity contribution in [2.75, 3.05) is 0 Å². The minimum atomic E-state index is -0.108. The molecule has 5 heteroatoms. The van der Waals surface area contributed by atoms with E-state index in [2.05, 4.69) is 12.1 Å². The van der Waals surface area contributed by atoms with E-state index in [-0.39, 0.29) is 11.1 Å². The average molecular weight is 411 g/mol. The molecule has 4 aromatic carbocycles. The van der Waals surface area contributed by atoms with E-state index in [1.807, 2.05) is 54.6 Å². The van der Waals surface area contributed by atoms with E-state index in [0.717, 1.165) is 49.0 Å². The number of hydrogen-bond acceptors (Lipinski definition) is 3. The lowest BCUT2D eigenvalue weighted by Crippen LogP contribution is -2.16. The summed E-state index contributed by atoms with van der Waals surface area (Å²) in [6.45, 7) is 0. The van der Waals surface area contributed by atoms with Crippen LogP contribution in [0, 0.1) is 0 Å². The molecule has 0 atom stereocenters. The first-order chi connectivity index (χ1) is 15.7. The summed E-state index contributed by atoms with van der Waals surface area (Å²) in [6, 6.07) is 25.3. The van der Waals surface area contributed by atoms with Gasteiger partial charge >= 0.3 is 0 Å². The summed E-state index contributed by atoms with van der Waals surface area (Å²) in [6.07, 6.45) is 0. The van der Waals surface area contributed by atoms with Crippen molar-refractivity contribution in [2.45, 2.75) is 0 Å². The Hall–Kier alpha value is -4.51. The van der Waals surface area contributed by atoms with E-state index in [1.54, 1.807) is 20.9 Å². The van der Waals surface area contributed by atoms with Gasteiger partial charge in [-0.05, 0) is 42.5 Å². The van der Waals surface area contributed by atoms with Gasteiger partial charge in [0.15, 0.2) is 0 Å². The third-order valence-corrected chi connectivity index (χ3v) is 6.82. The molecule has 4 heterocycles. The van der Waals surface area contributed by atoms with Crippen LogP contribution < -0.4 is 11.1 Å². The maximum atomic E-state index is 13.6. The van der Waals surface area contributed by atoms with Gasteiger partial charge < -0.3 is 0 Å². The van der Waals surface area contributed by atoms with Crippen molar-refractivity contribution < 1.29 is 0 Å².